The van der Waals surface area contributed by atoms with Gasteiger partial charge >= 0.3 is 0 Å². The van der Waals surface area contributed by atoms with Crippen LogP contribution in [0, 0.1) is 0 Å². The predicted molar refractivity (Wildman–Crippen MR) is 144 cm³/mol. The van der Waals surface area contributed by atoms with Crippen LogP contribution in [-0.4, -0.2) is 63.2 Å². The number of carbonyl (C=O) groups is 2. The van der Waals surface area contributed by atoms with E-state index in [1.165, 1.54) is 10.4 Å². The second-order valence-corrected chi connectivity index (χ2v) is 11.6. The molecular weight excluding hydrogens is 532 g/mol. The molecule has 0 radical (unpaired) electrons. The molecule has 0 atom stereocenters. The van der Waals surface area contributed by atoms with Crippen LogP contribution in [0.4, 0.5) is 0 Å². The number of nitrogens with zero attached hydrogens (tertiary/aromatic N) is 4. The van der Waals surface area contributed by atoms with E-state index in [0.717, 1.165) is 22.3 Å². The minimum absolute atomic E-state index is 0.116. The quantitative estimate of drug-likeness (QED) is 0.292. The number of hydrogen-bond donors (Lipinski definition) is 0. The highest BCUT2D eigenvalue weighted by Crippen LogP contribution is 2.35. The highest BCUT2D eigenvalue weighted by molar-refractivity contribution is 8.26. The number of carboxylic acids is 1. The molecule has 2 heterocycles. The van der Waals surface area contributed by atoms with Crippen molar-refractivity contribution in [3.63, 3.8) is 0 Å². The number of aliphatic carboxylic acids is 1. The molecule has 0 aliphatic carbocycles. The number of rotatable bonds is 9. The van der Waals surface area contributed by atoms with Crippen LogP contribution in [0.3, 0.4) is 0 Å². The van der Waals surface area contributed by atoms with Gasteiger partial charge in [-0.05, 0) is 30.3 Å². The molecule has 1 saturated heterocycles. The maximum absolute atomic E-state index is 13.1. The van der Waals surface area contributed by atoms with E-state index in [1.807, 2.05) is 30.3 Å². The van der Waals surface area contributed by atoms with Gasteiger partial charge in [0, 0.05) is 30.4 Å². The fraction of sp³-hybridized carbons (Fsp3) is 0.200. The van der Waals surface area contributed by atoms with E-state index in [2.05, 4.69) is 0 Å². The Morgan fingerprint density at radius 2 is 1.84 bits per heavy atom. The Kier molecular flexibility index (Phi) is 7.93. The van der Waals surface area contributed by atoms with Gasteiger partial charge in [-0.25, -0.2) is 13.1 Å². The number of para-hydroxylation sites is 1. The van der Waals surface area contributed by atoms with Crippen molar-refractivity contribution in [2.45, 2.75) is 18.7 Å². The summed E-state index contributed by atoms with van der Waals surface area (Å²) in [7, 11) is -3.71. The maximum atomic E-state index is 13.1. The molecule has 0 bridgehead atoms. The Morgan fingerprint density at radius 1 is 1.14 bits per heavy atom. The predicted octanol–water partition coefficient (Wildman–Crippen LogP) is 2.52. The van der Waals surface area contributed by atoms with Gasteiger partial charge in [0.15, 0.2) is 0 Å². The molecule has 9 nitrogen and oxygen atoms in total. The fourth-order valence-corrected chi connectivity index (χ4v) is 6.60. The van der Waals surface area contributed by atoms with Crippen LogP contribution >= 0.6 is 24.0 Å². The van der Waals surface area contributed by atoms with E-state index < -0.39 is 28.4 Å². The first-order valence-electron chi connectivity index (χ1n) is 11.4. The van der Waals surface area contributed by atoms with Gasteiger partial charge in [-0.15, -0.1) is 0 Å². The smallest absolute Gasteiger partial charge is 0.266 e. The van der Waals surface area contributed by atoms with Crippen molar-refractivity contribution in [3.05, 3.63) is 71.3 Å². The maximum Gasteiger partial charge on any atom is 0.266 e. The summed E-state index contributed by atoms with van der Waals surface area (Å²) in [5.74, 6) is -1.96. The third-order valence-electron chi connectivity index (χ3n) is 5.66. The first-order valence-corrected chi connectivity index (χ1v) is 14.0. The van der Waals surface area contributed by atoms with Gasteiger partial charge in [0.2, 0.25) is 10.0 Å². The van der Waals surface area contributed by atoms with E-state index in [0.29, 0.717) is 29.9 Å². The standard InChI is InChI=1S/C25H24N4O5S3/c1-3-27(4-2)37(33,34)20-12-8-9-17(13-20)23-18(15-29(26-23)19-10-6-5-7-11-19)14-21-24(32)28(16-22(30)31)25(35)36-21/h5-15H,3-4,16H2,1-2H3,(H,30,31)/p-1/b21-14+. The number of aromatic nitrogens is 2. The van der Waals surface area contributed by atoms with E-state index in [1.54, 1.807) is 49.0 Å². The van der Waals surface area contributed by atoms with Crippen molar-refractivity contribution in [1.82, 2.24) is 19.0 Å². The Labute approximate surface area is 224 Å². The van der Waals surface area contributed by atoms with Gasteiger partial charge in [0.25, 0.3) is 5.91 Å². The van der Waals surface area contributed by atoms with Gasteiger partial charge in [-0.3, -0.25) is 9.69 Å². The number of sulfonamides is 1. The lowest BCUT2D eigenvalue weighted by molar-refractivity contribution is -0.305. The summed E-state index contributed by atoms with van der Waals surface area (Å²) < 4.78 is 29.4. The van der Waals surface area contributed by atoms with Gasteiger partial charge in [0.05, 0.1) is 28.0 Å². The fourth-order valence-electron chi connectivity index (χ4n) is 3.85. The molecule has 0 spiro atoms. The van der Waals surface area contributed by atoms with Gasteiger partial charge in [-0.1, -0.05) is 68.2 Å². The van der Waals surface area contributed by atoms with Crippen molar-refractivity contribution in [1.29, 1.82) is 0 Å². The summed E-state index contributed by atoms with van der Waals surface area (Å²) in [4.78, 5) is 25.2. The van der Waals surface area contributed by atoms with Crippen molar-refractivity contribution < 1.29 is 23.1 Å². The molecule has 192 valence electrons. The van der Waals surface area contributed by atoms with Crippen molar-refractivity contribution in [2.24, 2.45) is 0 Å². The molecule has 37 heavy (non-hydrogen) atoms. The number of thioether (sulfide) groups is 1. The van der Waals surface area contributed by atoms with Crippen LogP contribution in [0.5, 0.6) is 0 Å². The monoisotopic (exact) mass is 555 g/mol. The topological polar surface area (TPSA) is 116 Å². The third-order valence-corrected chi connectivity index (χ3v) is 9.09. The zero-order valence-corrected chi connectivity index (χ0v) is 22.5. The lowest BCUT2D eigenvalue weighted by Gasteiger charge is -2.18. The number of carbonyl (C=O) groups excluding carboxylic acids is 2. The summed E-state index contributed by atoms with van der Waals surface area (Å²) >= 11 is 6.17. The number of benzene rings is 2. The zero-order chi connectivity index (χ0) is 26.7. The molecule has 2 aromatic carbocycles. The summed E-state index contributed by atoms with van der Waals surface area (Å²) in [5, 5.41) is 15.8. The molecule has 1 aliphatic rings. The van der Waals surface area contributed by atoms with Crippen molar-refractivity contribution in [2.75, 3.05) is 19.6 Å². The molecule has 1 aromatic heterocycles. The molecule has 12 heteroatoms. The van der Waals surface area contributed by atoms with Crippen LogP contribution in [0.25, 0.3) is 23.0 Å². The lowest BCUT2D eigenvalue weighted by atomic mass is 10.1. The van der Waals surface area contributed by atoms with Crippen molar-refractivity contribution >= 4 is 56.3 Å². The second-order valence-electron chi connectivity index (χ2n) is 7.97. The number of carboxylic acid groups (broad SMARTS) is 1. The van der Waals surface area contributed by atoms with E-state index in [9.17, 15) is 23.1 Å². The number of thiocarbonyl (C=S) groups is 1. The molecule has 1 aliphatic heterocycles. The highest BCUT2D eigenvalue weighted by Gasteiger charge is 2.32. The second kappa shape index (κ2) is 11.0. The number of hydrogen-bond acceptors (Lipinski definition) is 8. The highest BCUT2D eigenvalue weighted by atomic mass is 32.2. The SMILES string of the molecule is CCN(CC)S(=O)(=O)c1cccc(-c2nn(-c3ccccc3)cc2/C=C2/SC(=S)N(CC(=O)[O-])C2=O)c1. The molecule has 0 N–H and O–H groups in total. The van der Waals surface area contributed by atoms with E-state index in [4.69, 9.17) is 17.3 Å². The van der Waals surface area contributed by atoms with Crippen molar-refractivity contribution in [3.8, 4) is 16.9 Å². The minimum Gasteiger partial charge on any atom is -0.548 e. The molecule has 1 amide bonds. The molecule has 1 fully saturated rings. The first kappa shape index (κ1) is 26.7. The van der Waals surface area contributed by atoms with Crippen LogP contribution in [0.15, 0.2) is 70.6 Å². The third kappa shape index (κ3) is 5.52. The summed E-state index contributed by atoms with van der Waals surface area (Å²) in [6, 6.07) is 15.8. The lowest BCUT2D eigenvalue weighted by Crippen LogP contribution is -2.40. The van der Waals surface area contributed by atoms with Gasteiger partial charge < -0.3 is 9.90 Å². The largest absolute Gasteiger partial charge is 0.548 e. The summed E-state index contributed by atoms with van der Waals surface area (Å²) in [6.07, 6.45) is 3.31. The Bertz CT molecular complexity index is 1500. The number of amides is 1. The zero-order valence-electron chi connectivity index (χ0n) is 20.0. The van der Waals surface area contributed by atoms with E-state index in [-0.39, 0.29) is 14.1 Å². The summed E-state index contributed by atoms with van der Waals surface area (Å²) in [6.45, 7) is 3.60. The molecular formula is C25H23N4O5S3-. The molecule has 4 rings (SSSR count). The average molecular weight is 556 g/mol. The Morgan fingerprint density at radius 3 is 2.49 bits per heavy atom. The molecule has 3 aromatic rings. The van der Waals surface area contributed by atoms with Crippen LogP contribution in [0.1, 0.15) is 19.4 Å². The molecule has 0 unspecified atom stereocenters. The minimum atomic E-state index is -3.71. The molecule has 0 saturated carbocycles. The van der Waals surface area contributed by atoms with Crippen LogP contribution < -0.4 is 5.11 Å². The summed E-state index contributed by atoms with van der Waals surface area (Å²) in [5.41, 5.74) is 2.29. The van der Waals surface area contributed by atoms with Gasteiger partial charge in [-0.2, -0.15) is 9.40 Å². The first-order chi connectivity index (χ1) is 17.6. The Balaban J connectivity index is 1.83. The van der Waals surface area contributed by atoms with Gasteiger partial charge in [0.1, 0.15) is 10.0 Å². The van der Waals surface area contributed by atoms with Crippen LogP contribution in [-0.2, 0) is 19.6 Å². The Hall–Kier alpha value is -3.32. The average Bonchev–Trinajstić information content (AvgIpc) is 3.41. The van der Waals surface area contributed by atoms with E-state index >= 15 is 0 Å². The normalized spacial score (nSPS) is 15.2. The van der Waals surface area contributed by atoms with Crippen LogP contribution in [0.2, 0.25) is 0 Å².